The summed E-state index contributed by atoms with van der Waals surface area (Å²) in [7, 11) is 1.63. The van der Waals surface area contributed by atoms with Crippen molar-refractivity contribution in [2.75, 3.05) is 13.7 Å². The van der Waals surface area contributed by atoms with Crippen molar-refractivity contribution in [3.05, 3.63) is 72.2 Å². The standard InChI is InChI=1S/C21H22N2O3/c1-25-18-9-7-17(8-10-18)19-15-23-21(26-19)12-11-20(24)22-14-13-16-5-3-2-4-6-16/h2-10,15H,11-14H2,1H3,(H,22,24). The number of nitrogens with one attached hydrogen (secondary N) is 1. The van der Waals surface area contributed by atoms with E-state index in [4.69, 9.17) is 9.15 Å². The van der Waals surface area contributed by atoms with Crippen molar-refractivity contribution in [3.8, 4) is 17.1 Å². The number of amides is 1. The second-order valence-corrected chi connectivity index (χ2v) is 5.93. The fraction of sp³-hybridized carbons (Fsp3) is 0.238. The van der Waals surface area contributed by atoms with Crippen LogP contribution in [-0.4, -0.2) is 24.5 Å². The van der Waals surface area contributed by atoms with Crippen molar-refractivity contribution in [1.29, 1.82) is 0 Å². The minimum atomic E-state index is 0.00475. The van der Waals surface area contributed by atoms with E-state index in [1.54, 1.807) is 13.3 Å². The van der Waals surface area contributed by atoms with E-state index in [0.29, 0.717) is 31.0 Å². The monoisotopic (exact) mass is 350 g/mol. The predicted octanol–water partition coefficient (Wildman–Crippen LogP) is 3.64. The summed E-state index contributed by atoms with van der Waals surface area (Å²) in [6.45, 7) is 0.630. The Balaban J connectivity index is 1.44. The highest BCUT2D eigenvalue weighted by Crippen LogP contribution is 2.23. The molecule has 134 valence electrons. The molecule has 26 heavy (non-hydrogen) atoms. The van der Waals surface area contributed by atoms with Crippen molar-refractivity contribution in [2.24, 2.45) is 0 Å². The van der Waals surface area contributed by atoms with E-state index < -0.39 is 0 Å². The molecule has 0 fully saturated rings. The molecule has 0 unspecified atom stereocenters. The maximum atomic E-state index is 12.0. The van der Waals surface area contributed by atoms with Gasteiger partial charge in [0.25, 0.3) is 0 Å². The van der Waals surface area contributed by atoms with E-state index in [2.05, 4.69) is 22.4 Å². The number of rotatable bonds is 8. The fourth-order valence-corrected chi connectivity index (χ4v) is 2.61. The largest absolute Gasteiger partial charge is 0.497 e. The molecule has 3 aromatic rings. The fourth-order valence-electron chi connectivity index (χ4n) is 2.61. The lowest BCUT2D eigenvalue weighted by atomic mass is 10.1. The first-order valence-electron chi connectivity index (χ1n) is 8.64. The molecule has 0 spiro atoms. The molecule has 0 aliphatic heterocycles. The molecule has 5 nitrogen and oxygen atoms in total. The minimum Gasteiger partial charge on any atom is -0.497 e. The summed E-state index contributed by atoms with van der Waals surface area (Å²) in [6, 6.07) is 17.7. The van der Waals surface area contributed by atoms with E-state index in [1.165, 1.54) is 5.56 Å². The highest BCUT2D eigenvalue weighted by atomic mass is 16.5. The number of nitrogens with zero attached hydrogens (tertiary/aromatic N) is 1. The van der Waals surface area contributed by atoms with Gasteiger partial charge < -0.3 is 14.5 Å². The number of ether oxygens (including phenoxy) is 1. The number of benzene rings is 2. The van der Waals surface area contributed by atoms with Crippen LogP contribution in [-0.2, 0) is 17.6 Å². The summed E-state index contributed by atoms with van der Waals surface area (Å²) in [5.74, 6) is 2.05. The second kappa shape index (κ2) is 8.85. The van der Waals surface area contributed by atoms with Crippen LogP contribution in [0.1, 0.15) is 17.9 Å². The first-order valence-corrected chi connectivity index (χ1v) is 8.64. The van der Waals surface area contributed by atoms with Gasteiger partial charge in [-0.25, -0.2) is 4.98 Å². The van der Waals surface area contributed by atoms with Crippen molar-refractivity contribution in [2.45, 2.75) is 19.3 Å². The zero-order valence-corrected chi connectivity index (χ0v) is 14.8. The van der Waals surface area contributed by atoms with E-state index in [9.17, 15) is 4.79 Å². The van der Waals surface area contributed by atoms with Crippen LogP contribution in [0.4, 0.5) is 0 Å². The van der Waals surface area contributed by atoms with Crippen LogP contribution < -0.4 is 10.1 Å². The molecular weight excluding hydrogens is 328 g/mol. The van der Waals surface area contributed by atoms with Crippen LogP contribution in [0.3, 0.4) is 0 Å². The van der Waals surface area contributed by atoms with Gasteiger partial charge in [-0.15, -0.1) is 0 Å². The number of carbonyl (C=O) groups is 1. The van der Waals surface area contributed by atoms with Gasteiger partial charge in [0.05, 0.1) is 13.3 Å². The Bertz CT molecular complexity index is 826. The van der Waals surface area contributed by atoms with Crippen molar-refractivity contribution < 1.29 is 13.9 Å². The number of aryl methyl sites for hydroxylation is 1. The maximum Gasteiger partial charge on any atom is 0.220 e. The molecule has 0 saturated heterocycles. The lowest BCUT2D eigenvalue weighted by molar-refractivity contribution is -0.121. The summed E-state index contributed by atoms with van der Waals surface area (Å²) >= 11 is 0. The molecule has 0 bridgehead atoms. The number of oxazole rings is 1. The Kier molecular flexibility index (Phi) is 6.04. The summed E-state index contributed by atoms with van der Waals surface area (Å²) in [4.78, 5) is 16.2. The number of carbonyl (C=O) groups excluding carboxylic acids is 1. The van der Waals surface area contributed by atoms with Crippen LogP contribution in [0.2, 0.25) is 0 Å². The Morgan fingerprint density at radius 2 is 1.85 bits per heavy atom. The van der Waals surface area contributed by atoms with Crippen LogP contribution in [0.25, 0.3) is 11.3 Å². The molecule has 0 aliphatic rings. The Hall–Kier alpha value is -3.08. The normalized spacial score (nSPS) is 10.5. The minimum absolute atomic E-state index is 0.00475. The molecule has 0 aliphatic carbocycles. The van der Waals surface area contributed by atoms with E-state index in [1.807, 2.05) is 42.5 Å². The molecule has 1 N–H and O–H groups in total. The zero-order valence-electron chi connectivity index (χ0n) is 14.8. The van der Waals surface area contributed by atoms with Crippen LogP contribution >= 0.6 is 0 Å². The Morgan fingerprint density at radius 3 is 2.58 bits per heavy atom. The molecule has 0 radical (unpaired) electrons. The highest BCUT2D eigenvalue weighted by Gasteiger charge is 2.09. The Labute approximate surface area is 153 Å². The van der Waals surface area contributed by atoms with Gasteiger partial charge in [0.15, 0.2) is 11.7 Å². The molecule has 0 atom stereocenters. The van der Waals surface area contributed by atoms with Gasteiger partial charge >= 0.3 is 0 Å². The van der Waals surface area contributed by atoms with Gasteiger partial charge in [-0.05, 0) is 36.2 Å². The lowest BCUT2D eigenvalue weighted by Crippen LogP contribution is -2.25. The molecule has 2 aromatic carbocycles. The topological polar surface area (TPSA) is 64.4 Å². The molecule has 0 saturated carbocycles. The number of hydrogen-bond acceptors (Lipinski definition) is 4. The number of aromatic nitrogens is 1. The first kappa shape index (κ1) is 17.7. The van der Waals surface area contributed by atoms with Crippen LogP contribution in [0.15, 0.2) is 65.2 Å². The van der Waals surface area contributed by atoms with Crippen molar-refractivity contribution in [1.82, 2.24) is 10.3 Å². The second-order valence-electron chi connectivity index (χ2n) is 5.93. The third kappa shape index (κ3) is 4.96. The van der Waals surface area contributed by atoms with Crippen LogP contribution in [0.5, 0.6) is 5.75 Å². The quantitative estimate of drug-likeness (QED) is 0.674. The van der Waals surface area contributed by atoms with Gasteiger partial charge in [-0.3, -0.25) is 4.79 Å². The third-order valence-corrected chi connectivity index (χ3v) is 4.07. The highest BCUT2D eigenvalue weighted by molar-refractivity contribution is 5.76. The molecule has 5 heteroatoms. The third-order valence-electron chi connectivity index (χ3n) is 4.07. The molecule has 1 heterocycles. The molecule has 1 amide bonds. The van der Waals surface area contributed by atoms with Gasteiger partial charge in [-0.2, -0.15) is 0 Å². The summed E-state index contributed by atoms with van der Waals surface area (Å²) in [5, 5.41) is 2.93. The average molecular weight is 350 g/mol. The van der Waals surface area contributed by atoms with Crippen LogP contribution in [0, 0.1) is 0 Å². The SMILES string of the molecule is COc1ccc(-c2cnc(CCC(=O)NCCc3ccccc3)o2)cc1. The van der Waals surface area contributed by atoms with E-state index >= 15 is 0 Å². The van der Waals surface area contributed by atoms with Gasteiger partial charge in [-0.1, -0.05) is 30.3 Å². The number of methoxy groups -OCH3 is 1. The molecule has 1 aromatic heterocycles. The lowest BCUT2D eigenvalue weighted by Gasteiger charge is -2.04. The summed E-state index contributed by atoms with van der Waals surface area (Å²) in [6.07, 6.45) is 3.35. The van der Waals surface area contributed by atoms with Crippen molar-refractivity contribution in [3.63, 3.8) is 0 Å². The predicted molar refractivity (Wildman–Crippen MR) is 100.0 cm³/mol. The van der Waals surface area contributed by atoms with Gasteiger partial charge in [0.1, 0.15) is 5.75 Å². The molecule has 3 rings (SSSR count). The van der Waals surface area contributed by atoms with E-state index in [-0.39, 0.29) is 5.91 Å². The first-order chi connectivity index (χ1) is 12.7. The van der Waals surface area contributed by atoms with Crippen molar-refractivity contribution >= 4 is 5.91 Å². The van der Waals surface area contributed by atoms with Gasteiger partial charge in [0.2, 0.25) is 5.91 Å². The summed E-state index contributed by atoms with van der Waals surface area (Å²) < 4.78 is 10.9. The van der Waals surface area contributed by atoms with Gasteiger partial charge in [0, 0.05) is 24.9 Å². The average Bonchev–Trinajstić information content (AvgIpc) is 3.16. The summed E-state index contributed by atoms with van der Waals surface area (Å²) in [5.41, 5.74) is 2.14. The smallest absolute Gasteiger partial charge is 0.220 e. The zero-order chi connectivity index (χ0) is 18.2. The molecular formula is C21H22N2O3. The maximum absolute atomic E-state index is 12.0. The Morgan fingerprint density at radius 1 is 1.08 bits per heavy atom. The number of hydrogen-bond donors (Lipinski definition) is 1. The van der Waals surface area contributed by atoms with E-state index in [0.717, 1.165) is 17.7 Å².